The topological polar surface area (TPSA) is 124 Å². The van der Waals surface area contributed by atoms with Crippen LogP contribution in [0.25, 0.3) is 5.69 Å². The molecule has 104 valence electrons. The lowest BCUT2D eigenvalue weighted by Crippen LogP contribution is -2.06. The molecular weight excluding hydrogens is 284 g/mol. The first-order chi connectivity index (χ1) is 9.45. The molecule has 0 spiro atoms. The molecule has 0 fully saturated rings. The first kappa shape index (κ1) is 13.9. The maximum Gasteiger partial charge on any atom is 0.342 e. The minimum absolute atomic E-state index is 0.0673. The van der Waals surface area contributed by atoms with Crippen molar-refractivity contribution in [3.8, 4) is 5.69 Å². The van der Waals surface area contributed by atoms with Gasteiger partial charge in [0.1, 0.15) is 16.4 Å². The fourth-order valence-electron chi connectivity index (χ4n) is 1.69. The average molecular weight is 294 g/mol. The number of nitrogens with zero attached hydrogens (tertiary/aromatic N) is 3. The molecule has 9 heteroatoms. The number of carbonyl (C=O) groups is 1. The highest BCUT2D eigenvalue weighted by molar-refractivity contribution is 7.98. The van der Waals surface area contributed by atoms with Crippen LogP contribution in [0.1, 0.15) is 10.4 Å². The van der Waals surface area contributed by atoms with E-state index in [0.717, 1.165) is 11.8 Å². The van der Waals surface area contributed by atoms with Crippen LogP contribution in [0.15, 0.2) is 29.3 Å². The maximum absolute atomic E-state index is 11.2. The van der Waals surface area contributed by atoms with Gasteiger partial charge in [-0.1, -0.05) is 6.07 Å². The highest BCUT2D eigenvalue weighted by atomic mass is 32.2. The Morgan fingerprint density at radius 2 is 2.25 bits per heavy atom. The molecule has 0 aliphatic heterocycles. The number of nitro groups is 1. The van der Waals surface area contributed by atoms with Crippen molar-refractivity contribution in [3.63, 3.8) is 0 Å². The Bertz CT molecular complexity index is 698. The quantitative estimate of drug-likeness (QED) is 0.500. The zero-order valence-electron chi connectivity index (χ0n) is 10.3. The molecule has 0 bridgehead atoms. The van der Waals surface area contributed by atoms with Gasteiger partial charge in [0, 0.05) is 12.1 Å². The predicted octanol–water partition coefficient (Wildman–Crippen LogP) is 1.78. The summed E-state index contributed by atoms with van der Waals surface area (Å²) in [4.78, 5) is 21.4. The molecule has 0 unspecified atom stereocenters. The number of thioether (sulfide) groups is 1. The van der Waals surface area contributed by atoms with Crippen LogP contribution in [0.5, 0.6) is 0 Å². The summed E-state index contributed by atoms with van der Waals surface area (Å²) in [7, 11) is 0. The number of carboxylic acid groups (broad SMARTS) is 1. The van der Waals surface area contributed by atoms with E-state index in [2.05, 4.69) is 5.10 Å². The number of anilines is 1. The molecule has 8 nitrogen and oxygen atoms in total. The van der Waals surface area contributed by atoms with Gasteiger partial charge in [0.05, 0.1) is 10.6 Å². The van der Waals surface area contributed by atoms with Gasteiger partial charge < -0.3 is 10.8 Å². The molecule has 1 aromatic carbocycles. The number of non-ortho nitro benzene ring substituents is 1. The standard InChI is InChI=1S/C11H10N4O4S/c1-20-10-8(11(16)17)9(12)14(13-10)6-3-2-4-7(5-6)15(18)19/h2-5H,12H2,1H3,(H,16,17). The highest BCUT2D eigenvalue weighted by Crippen LogP contribution is 2.28. The number of nitrogens with two attached hydrogens (primary N) is 1. The summed E-state index contributed by atoms with van der Waals surface area (Å²) >= 11 is 1.14. The van der Waals surface area contributed by atoms with Gasteiger partial charge >= 0.3 is 5.97 Å². The number of hydrogen-bond acceptors (Lipinski definition) is 6. The van der Waals surface area contributed by atoms with Gasteiger partial charge in [0.2, 0.25) is 0 Å². The van der Waals surface area contributed by atoms with Crippen LogP contribution in [0.3, 0.4) is 0 Å². The van der Waals surface area contributed by atoms with Crippen LogP contribution in [-0.2, 0) is 0 Å². The third-order valence-electron chi connectivity index (χ3n) is 2.58. The Kier molecular flexibility index (Phi) is 3.61. The summed E-state index contributed by atoms with van der Waals surface area (Å²) in [6, 6.07) is 5.65. The average Bonchev–Trinajstić information content (AvgIpc) is 2.75. The summed E-state index contributed by atoms with van der Waals surface area (Å²) < 4.78 is 1.18. The van der Waals surface area contributed by atoms with Gasteiger partial charge in [-0.25, -0.2) is 9.48 Å². The van der Waals surface area contributed by atoms with Gasteiger partial charge in [-0.2, -0.15) is 5.10 Å². The lowest BCUT2D eigenvalue weighted by Gasteiger charge is -2.03. The normalized spacial score (nSPS) is 10.4. The fraction of sp³-hybridized carbons (Fsp3) is 0.0909. The van der Waals surface area contributed by atoms with Crippen molar-refractivity contribution in [2.75, 3.05) is 12.0 Å². The summed E-state index contributed by atoms with van der Waals surface area (Å²) in [5, 5.41) is 24.2. The molecule has 20 heavy (non-hydrogen) atoms. The van der Waals surface area contributed by atoms with Crippen molar-refractivity contribution in [1.29, 1.82) is 0 Å². The Morgan fingerprint density at radius 3 is 2.75 bits per heavy atom. The summed E-state index contributed by atoms with van der Waals surface area (Å²) in [6.45, 7) is 0. The molecule has 0 saturated heterocycles. The summed E-state index contributed by atoms with van der Waals surface area (Å²) in [6.07, 6.45) is 1.67. The Balaban J connectivity index is 2.61. The number of aromatic nitrogens is 2. The second-order valence-corrected chi connectivity index (χ2v) is 4.56. The number of hydrogen-bond donors (Lipinski definition) is 2. The SMILES string of the molecule is CSc1nn(-c2cccc([N+](=O)[O-])c2)c(N)c1C(=O)O. The van der Waals surface area contributed by atoms with Crippen LogP contribution in [0.2, 0.25) is 0 Å². The van der Waals surface area contributed by atoms with E-state index >= 15 is 0 Å². The lowest BCUT2D eigenvalue weighted by atomic mass is 10.3. The second kappa shape index (κ2) is 5.21. The van der Waals surface area contributed by atoms with E-state index in [1.807, 2.05) is 0 Å². The number of nitro benzene ring substituents is 1. The Morgan fingerprint density at radius 1 is 1.55 bits per heavy atom. The second-order valence-electron chi connectivity index (χ2n) is 3.76. The zero-order valence-corrected chi connectivity index (χ0v) is 11.1. The van der Waals surface area contributed by atoms with Crippen LogP contribution in [0, 0.1) is 10.1 Å². The molecule has 1 aromatic heterocycles. The van der Waals surface area contributed by atoms with Crippen molar-refractivity contribution in [3.05, 3.63) is 39.9 Å². The maximum atomic E-state index is 11.2. The number of carboxylic acids is 1. The van der Waals surface area contributed by atoms with Crippen molar-refractivity contribution in [1.82, 2.24) is 9.78 Å². The van der Waals surface area contributed by atoms with Crippen molar-refractivity contribution >= 4 is 29.2 Å². The van der Waals surface area contributed by atoms with E-state index in [9.17, 15) is 14.9 Å². The van der Waals surface area contributed by atoms with Crippen LogP contribution in [-0.4, -0.2) is 32.0 Å². The number of rotatable bonds is 4. The Hall–Kier alpha value is -2.55. The van der Waals surface area contributed by atoms with E-state index in [1.165, 1.54) is 22.9 Å². The van der Waals surface area contributed by atoms with Crippen LogP contribution >= 0.6 is 11.8 Å². The Labute approximate surface area is 117 Å². The largest absolute Gasteiger partial charge is 0.477 e. The molecule has 0 aliphatic carbocycles. The number of aromatic carboxylic acids is 1. The van der Waals surface area contributed by atoms with Gasteiger partial charge in [-0.15, -0.1) is 11.8 Å². The molecular formula is C11H10N4O4S. The van der Waals surface area contributed by atoms with Gasteiger partial charge in [-0.3, -0.25) is 10.1 Å². The number of nitrogen functional groups attached to an aromatic ring is 1. The third-order valence-corrected chi connectivity index (χ3v) is 3.25. The van der Waals surface area contributed by atoms with Gasteiger partial charge in [-0.05, 0) is 12.3 Å². The van der Waals surface area contributed by atoms with E-state index in [4.69, 9.17) is 10.8 Å². The molecule has 0 atom stereocenters. The van der Waals surface area contributed by atoms with Gasteiger partial charge in [0.15, 0.2) is 0 Å². The fourth-order valence-corrected chi connectivity index (χ4v) is 2.25. The lowest BCUT2D eigenvalue weighted by molar-refractivity contribution is -0.384. The molecule has 0 saturated carbocycles. The smallest absolute Gasteiger partial charge is 0.342 e. The minimum atomic E-state index is -1.19. The summed E-state index contributed by atoms with van der Waals surface area (Å²) in [5.41, 5.74) is 5.88. The zero-order chi connectivity index (χ0) is 14.9. The van der Waals surface area contributed by atoms with Crippen LogP contribution in [0.4, 0.5) is 11.5 Å². The van der Waals surface area contributed by atoms with Gasteiger partial charge in [0.25, 0.3) is 5.69 Å². The first-order valence-corrected chi connectivity index (χ1v) is 6.58. The summed E-state index contributed by atoms with van der Waals surface area (Å²) in [5.74, 6) is -1.26. The number of benzene rings is 1. The molecule has 1 heterocycles. The molecule has 0 amide bonds. The molecule has 3 N–H and O–H groups in total. The van der Waals surface area contributed by atoms with Crippen LogP contribution < -0.4 is 5.73 Å². The third kappa shape index (κ3) is 2.30. The predicted molar refractivity (Wildman–Crippen MR) is 73.4 cm³/mol. The van der Waals surface area contributed by atoms with E-state index in [0.29, 0.717) is 5.69 Å². The van der Waals surface area contributed by atoms with E-state index in [1.54, 1.807) is 12.3 Å². The monoisotopic (exact) mass is 294 g/mol. The molecule has 0 radical (unpaired) electrons. The van der Waals surface area contributed by atoms with Crippen molar-refractivity contribution in [2.45, 2.75) is 5.03 Å². The van der Waals surface area contributed by atoms with Crippen molar-refractivity contribution in [2.24, 2.45) is 0 Å². The molecule has 0 aliphatic rings. The first-order valence-electron chi connectivity index (χ1n) is 5.36. The van der Waals surface area contributed by atoms with E-state index in [-0.39, 0.29) is 22.1 Å². The molecule has 2 rings (SSSR count). The molecule has 2 aromatic rings. The highest BCUT2D eigenvalue weighted by Gasteiger charge is 2.22. The van der Waals surface area contributed by atoms with Crippen molar-refractivity contribution < 1.29 is 14.8 Å². The minimum Gasteiger partial charge on any atom is -0.477 e. The van der Waals surface area contributed by atoms with E-state index < -0.39 is 10.9 Å².